The number of carbonyl (C=O) groups excluding carboxylic acids is 2. The molecule has 0 spiro atoms. The van der Waals surface area contributed by atoms with E-state index in [-0.39, 0.29) is 24.3 Å². The van der Waals surface area contributed by atoms with E-state index in [0.717, 1.165) is 42.6 Å². The Kier molecular flexibility index (Phi) is 4.28. The molecule has 2 amide bonds. The third kappa shape index (κ3) is 3.49. The predicted molar refractivity (Wildman–Crippen MR) is 91.5 cm³/mol. The lowest BCUT2D eigenvalue weighted by atomic mass is 9.92. The van der Waals surface area contributed by atoms with Crippen LogP contribution in [0.25, 0.3) is 0 Å². The Labute approximate surface area is 137 Å². The van der Waals surface area contributed by atoms with Crippen LogP contribution >= 0.6 is 0 Å². The van der Waals surface area contributed by atoms with Gasteiger partial charge in [0.1, 0.15) is 5.54 Å². The number of anilines is 2. The van der Waals surface area contributed by atoms with Crippen LogP contribution in [-0.2, 0) is 9.59 Å². The molecule has 5 heteroatoms. The van der Waals surface area contributed by atoms with Gasteiger partial charge in [-0.1, -0.05) is 25.3 Å². The van der Waals surface area contributed by atoms with Gasteiger partial charge in [-0.3, -0.25) is 9.59 Å². The third-order valence-electron chi connectivity index (χ3n) is 4.82. The van der Waals surface area contributed by atoms with Gasteiger partial charge in [0.05, 0.1) is 17.8 Å². The summed E-state index contributed by atoms with van der Waals surface area (Å²) in [6, 6.07) is 6.03. The number of aryl methyl sites for hydroxylation is 1. The molecule has 1 heterocycles. The highest BCUT2D eigenvalue weighted by atomic mass is 16.2. The fraction of sp³-hybridized carbons (Fsp3) is 0.556. The van der Waals surface area contributed by atoms with Gasteiger partial charge in [0.25, 0.3) is 0 Å². The Morgan fingerprint density at radius 1 is 1.22 bits per heavy atom. The van der Waals surface area contributed by atoms with E-state index in [2.05, 4.69) is 16.0 Å². The molecule has 1 fully saturated rings. The lowest BCUT2D eigenvalue weighted by Crippen LogP contribution is -2.54. The molecule has 23 heavy (non-hydrogen) atoms. The van der Waals surface area contributed by atoms with Crippen LogP contribution in [0.5, 0.6) is 0 Å². The summed E-state index contributed by atoms with van der Waals surface area (Å²) in [4.78, 5) is 25.0. The Morgan fingerprint density at radius 2 is 1.96 bits per heavy atom. The zero-order valence-electron chi connectivity index (χ0n) is 13.9. The molecule has 3 N–H and O–H groups in total. The largest absolute Gasteiger partial charge is 0.369 e. The maximum Gasteiger partial charge on any atom is 0.246 e. The summed E-state index contributed by atoms with van der Waals surface area (Å²) in [6.07, 6.45) is 5.76. The number of amides is 2. The van der Waals surface area contributed by atoms with Crippen molar-refractivity contribution in [2.45, 2.75) is 64.0 Å². The van der Waals surface area contributed by atoms with Gasteiger partial charge >= 0.3 is 0 Å². The number of hydrogen-bond acceptors (Lipinski definition) is 3. The lowest BCUT2D eigenvalue weighted by molar-refractivity contribution is -0.129. The number of carbonyl (C=O) groups is 2. The van der Waals surface area contributed by atoms with Crippen molar-refractivity contribution in [3.63, 3.8) is 0 Å². The first-order valence-corrected chi connectivity index (χ1v) is 8.46. The van der Waals surface area contributed by atoms with Gasteiger partial charge in [-0.2, -0.15) is 0 Å². The van der Waals surface area contributed by atoms with Crippen molar-refractivity contribution < 1.29 is 9.59 Å². The minimum absolute atomic E-state index is 0.0890. The van der Waals surface area contributed by atoms with Crippen molar-refractivity contribution >= 4 is 23.2 Å². The van der Waals surface area contributed by atoms with Crippen molar-refractivity contribution in [2.75, 3.05) is 10.6 Å². The highest BCUT2D eigenvalue weighted by Crippen LogP contribution is 2.31. The van der Waals surface area contributed by atoms with E-state index in [0.29, 0.717) is 0 Å². The summed E-state index contributed by atoms with van der Waals surface area (Å²) >= 11 is 0. The van der Waals surface area contributed by atoms with Crippen LogP contribution in [-0.4, -0.2) is 23.4 Å². The van der Waals surface area contributed by atoms with E-state index in [9.17, 15) is 9.59 Å². The van der Waals surface area contributed by atoms with Crippen LogP contribution in [0.1, 0.15) is 51.0 Å². The second-order valence-electron chi connectivity index (χ2n) is 7.04. The predicted octanol–water partition coefficient (Wildman–Crippen LogP) is 2.96. The summed E-state index contributed by atoms with van der Waals surface area (Å²) in [5.41, 5.74) is 1.69. The van der Waals surface area contributed by atoms with Crippen LogP contribution in [0.4, 0.5) is 11.4 Å². The van der Waals surface area contributed by atoms with E-state index < -0.39 is 5.54 Å². The third-order valence-corrected chi connectivity index (χ3v) is 4.82. The Bertz CT molecular complexity index is 623. The Balaban J connectivity index is 1.81. The highest BCUT2D eigenvalue weighted by molar-refractivity contribution is 6.03. The maximum absolute atomic E-state index is 12.8. The molecular formula is C18H25N3O2. The van der Waals surface area contributed by atoms with Gasteiger partial charge in [0.2, 0.25) is 11.8 Å². The molecule has 3 rings (SSSR count). The molecule has 124 valence electrons. The maximum atomic E-state index is 12.8. The number of benzene rings is 1. The van der Waals surface area contributed by atoms with E-state index in [1.807, 2.05) is 32.0 Å². The first-order chi connectivity index (χ1) is 11.0. The molecule has 0 unspecified atom stereocenters. The normalized spacial score (nSPS) is 24.9. The topological polar surface area (TPSA) is 70.2 Å². The van der Waals surface area contributed by atoms with Gasteiger partial charge in [-0.25, -0.2) is 0 Å². The standard InChI is InChI=1S/C18H25N3O2/c1-12-8-9-14-15(10-12)21-18(2,11-16(22)20-14)17(23)19-13-6-4-3-5-7-13/h8-10,13,21H,3-7,11H2,1-2H3,(H,19,23)(H,20,22)/t18-/m1/s1. The zero-order chi connectivity index (χ0) is 16.4. The number of nitrogens with one attached hydrogen (secondary N) is 3. The molecule has 1 aliphatic heterocycles. The molecule has 1 aromatic rings. The van der Waals surface area contributed by atoms with Crippen molar-refractivity contribution in [3.8, 4) is 0 Å². The molecule has 1 atom stereocenters. The van der Waals surface area contributed by atoms with Crippen molar-refractivity contribution in [3.05, 3.63) is 23.8 Å². The summed E-state index contributed by atoms with van der Waals surface area (Å²) in [6.45, 7) is 3.80. The molecule has 5 nitrogen and oxygen atoms in total. The molecule has 0 saturated heterocycles. The van der Waals surface area contributed by atoms with Gasteiger partial charge in [-0.05, 0) is 44.4 Å². The minimum Gasteiger partial charge on any atom is -0.369 e. The monoisotopic (exact) mass is 315 g/mol. The fourth-order valence-corrected chi connectivity index (χ4v) is 3.46. The number of hydrogen-bond donors (Lipinski definition) is 3. The summed E-state index contributed by atoms with van der Waals surface area (Å²) in [7, 11) is 0. The molecule has 1 aliphatic carbocycles. The van der Waals surface area contributed by atoms with E-state index in [1.54, 1.807) is 0 Å². The summed E-state index contributed by atoms with van der Waals surface area (Å²) in [5.74, 6) is -0.227. The van der Waals surface area contributed by atoms with Crippen LogP contribution in [0.2, 0.25) is 0 Å². The van der Waals surface area contributed by atoms with Crippen molar-refractivity contribution in [2.24, 2.45) is 0 Å². The van der Waals surface area contributed by atoms with Crippen molar-refractivity contribution in [1.29, 1.82) is 0 Å². The molecule has 1 aromatic carbocycles. The summed E-state index contributed by atoms with van der Waals surface area (Å²) in [5, 5.41) is 9.32. The highest BCUT2D eigenvalue weighted by Gasteiger charge is 2.39. The van der Waals surface area contributed by atoms with Crippen LogP contribution in [0.3, 0.4) is 0 Å². The van der Waals surface area contributed by atoms with E-state index in [4.69, 9.17) is 0 Å². The van der Waals surface area contributed by atoms with Gasteiger partial charge in [0, 0.05) is 6.04 Å². The average Bonchev–Trinajstić information content (AvgIpc) is 2.63. The van der Waals surface area contributed by atoms with Crippen LogP contribution < -0.4 is 16.0 Å². The zero-order valence-corrected chi connectivity index (χ0v) is 13.9. The first-order valence-electron chi connectivity index (χ1n) is 8.46. The first kappa shape index (κ1) is 15.8. The quantitative estimate of drug-likeness (QED) is 0.786. The van der Waals surface area contributed by atoms with E-state index in [1.165, 1.54) is 6.42 Å². The van der Waals surface area contributed by atoms with Gasteiger partial charge in [-0.15, -0.1) is 0 Å². The molecule has 1 saturated carbocycles. The molecule has 0 radical (unpaired) electrons. The molecule has 0 aromatic heterocycles. The smallest absolute Gasteiger partial charge is 0.246 e. The molecular weight excluding hydrogens is 290 g/mol. The second-order valence-corrected chi connectivity index (χ2v) is 7.04. The second kappa shape index (κ2) is 6.22. The Hall–Kier alpha value is -2.04. The summed E-state index contributed by atoms with van der Waals surface area (Å²) < 4.78 is 0. The fourth-order valence-electron chi connectivity index (χ4n) is 3.46. The number of rotatable bonds is 2. The molecule has 0 bridgehead atoms. The Morgan fingerprint density at radius 3 is 2.70 bits per heavy atom. The van der Waals surface area contributed by atoms with Crippen molar-refractivity contribution in [1.82, 2.24) is 5.32 Å². The van der Waals surface area contributed by atoms with Gasteiger partial charge in [0.15, 0.2) is 0 Å². The lowest BCUT2D eigenvalue weighted by Gasteiger charge is -2.32. The van der Waals surface area contributed by atoms with E-state index >= 15 is 0 Å². The minimum atomic E-state index is -0.930. The van der Waals surface area contributed by atoms with Crippen LogP contribution in [0, 0.1) is 6.92 Å². The molecule has 2 aliphatic rings. The average molecular weight is 315 g/mol. The SMILES string of the molecule is Cc1ccc2c(c1)N[C@@](C)(C(=O)NC1CCCCC1)CC(=O)N2. The number of fused-ring (bicyclic) bond motifs is 1. The van der Waals surface area contributed by atoms with Gasteiger partial charge < -0.3 is 16.0 Å². The van der Waals surface area contributed by atoms with Crippen LogP contribution in [0.15, 0.2) is 18.2 Å².